The highest BCUT2D eigenvalue weighted by molar-refractivity contribution is 6.30. The number of hydrogen-bond donors (Lipinski definition) is 1. The molecule has 4 rings (SSSR count). The number of nitrogens with one attached hydrogen (secondary N) is 1. The van der Waals surface area contributed by atoms with Crippen LogP contribution in [-0.2, 0) is 14.3 Å². The van der Waals surface area contributed by atoms with E-state index in [-0.39, 0.29) is 24.0 Å². The second-order valence-electron chi connectivity index (χ2n) is 8.54. The molecule has 3 amide bonds. The highest BCUT2D eigenvalue weighted by atomic mass is 35.5. The van der Waals surface area contributed by atoms with E-state index in [1.807, 2.05) is 0 Å². The molecule has 186 valence electrons. The molecule has 2 aromatic rings. The second kappa shape index (κ2) is 10.7. The fourth-order valence-electron chi connectivity index (χ4n) is 4.53. The number of rotatable bonds is 6. The first-order chi connectivity index (χ1) is 16.8. The van der Waals surface area contributed by atoms with Gasteiger partial charge in [0, 0.05) is 55.7 Å². The van der Waals surface area contributed by atoms with Crippen molar-refractivity contribution in [3.8, 4) is 0 Å². The molecule has 2 saturated heterocycles. The SMILES string of the molecule is COCCNC(=O)C1COC2(CCN(C(=O)c3ccc(Cl)cc3)CC2)N1C(=O)c1ccc(F)cc1. The second-order valence-corrected chi connectivity index (χ2v) is 8.97. The van der Waals surface area contributed by atoms with Gasteiger partial charge in [0.05, 0.1) is 13.2 Å². The Bertz CT molecular complexity index is 1070. The molecule has 2 heterocycles. The summed E-state index contributed by atoms with van der Waals surface area (Å²) in [6, 6.07) is 11.0. The maximum absolute atomic E-state index is 13.6. The van der Waals surface area contributed by atoms with Crippen LogP contribution in [0.15, 0.2) is 48.5 Å². The number of amides is 3. The molecule has 35 heavy (non-hydrogen) atoms. The topological polar surface area (TPSA) is 88.2 Å². The van der Waals surface area contributed by atoms with Crippen molar-refractivity contribution in [3.63, 3.8) is 0 Å². The van der Waals surface area contributed by atoms with Gasteiger partial charge in [0.1, 0.15) is 17.6 Å². The monoisotopic (exact) mass is 503 g/mol. The Morgan fingerprint density at radius 1 is 1.06 bits per heavy atom. The van der Waals surface area contributed by atoms with E-state index in [0.29, 0.717) is 49.7 Å². The van der Waals surface area contributed by atoms with Crippen LogP contribution in [0.1, 0.15) is 33.6 Å². The van der Waals surface area contributed by atoms with Crippen LogP contribution in [-0.4, -0.2) is 79.2 Å². The molecule has 2 aliphatic rings. The Morgan fingerprint density at radius 2 is 1.66 bits per heavy atom. The first-order valence-electron chi connectivity index (χ1n) is 11.4. The molecular weight excluding hydrogens is 477 g/mol. The Labute approximate surface area is 207 Å². The molecule has 1 spiro atoms. The summed E-state index contributed by atoms with van der Waals surface area (Å²) in [5, 5.41) is 3.32. The van der Waals surface area contributed by atoms with E-state index in [9.17, 15) is 18.8 Å². The van der Waals surface area contributed by atoms with Gasteiger partial charge < -0.3 is 19.7 Å². The number of methoxy groups -OCH3 is 1. The van der Waals surface area contributed by atoms with Gasteiger partial charge in [0.2, 0.25) is 5.91 Å². The van der Waals surface area contributed by atoms with Crippen LogP contribution in [0.25, 0.3) is 0 Å². The third-order valence-corrected chi connectivity index (χ3v) is 6.65. The van der Waals surface area contributed by atoms with E-state index in [1.165, 1.54) is 36.3 Å². The van der Waals surface area contributed by atoms with Crippen LogP contribution in [0.2, 0.25) is 5.02 Å². The lowest BCUT2D eigenvalue weighted by molar-refractivity contribution is -0.128. The summed E-state index contributed by atoms with van der Waals surface area (Å²) in [5.74, 6) is -1.38. The van der Waals surface area contributed by atoms with E-state index in [4.69, 9.17) is 21.1 Å². The summed E-state index contributed by atoms with van der Waals surface area (Å²) < 4.78 is 24.6. The third-order valence-electron chi connectivity index (χ3n) is 6.40. The van der Waals surface area contributed by atoms with E-state index in [1.54, 1.807) is 29.2 Å². The average Bonchev–Trinajstić information content (AvgIpc) is 3.23. The average molecular weight is 504 g/mol. The lowest BCUT2D eigenvalue weighted by Gasteiger charge is -2.44. The van der Waals surface area contributed by atoms with E-state index in [2.05, 4.69) is 5.32 Å². The molecule has 0 aromatic heterocycles. The minimum atomic E-state index is -1.05. The predicted octanol–water partition coefficient (Wildman–Crippen LogP) is 2.72. The summed E-state index contributed by atoms with van der Waals surface area (Å²) >= 11 is 5.93. The molecule has 2 aromatic carbocycles. The Hall–Kier alpha value is -3.01. The van der Waals surface area contributed by atoms with E-state index < -0.39 is 23.5 Å². The van der Waals surface area contributed by atoms with Crippen molar-refractivity contribution in [2.45, 2.75) is 24.6 Å². The summed E-state index contributed by atoms with van der Waals surface area (Å²) in [7, 11) is 1.53. The van der Waals surface area contributed by atoms with Crippen LogP contribution in [0.5, 0.6) is 0 Å². The molecule has 0 saturated carbocycles. The van der Waals surface area contributed by atoms with Gasteiger partial charge in [0.15, 0.2) is 0 Å². The van der Waals surface area contributed by atoms with Gasteiger partial charge in [-0.2, -0.15) is 0 Å². The fourth-order valence-corrected chi connectivity index (χ4v) is 4.65. The van der Waals surface area contributed by atoms with Crippen LogP contribution < -0.4 is 5.32 Å². The minimum Gasteiger partial charge on any atom is -0.383 e. The van der Waals surface area contributed by atoms with Crippen LogP contribution in [0.4, 0.5) is 4.39 Å². The number of likely N-dealkylation sites (tertiary alicyclic amines) is 1. The summed E-state index contributed by atoms with van der Waals surface area (Å²) in [6.07, 6.45) is 0.669. The normalized spacial score (nSPS) is 19.1. The van der Waals surface area contributed by atoms with Crippen LogP contribution >= 0.6 is 11.6 Å². The molecule has 0 aliphatic carbocycles. The van der Waals surface area contributed by atoms with Gasteiger partial charge in [-0.1, -0.05) is 11.6 Å². The van der Waals surface area contributed by atoms with Gasteiger partial charge in [0.25, 0.3) is 11.8 Å². The van der Waals surface area contributed by atoms with Crippen molar-refractivity contribution in [1.82, 2.24) is 15.1 Å². The van der Waals surface area contributed by atoms with Crippen molar-refractivity contribution < 1.29 is 28.2 Å². The smallest absolute Gasteiger partial charge is 0.256 e. The third kappa shape index (κ3) is 5.32. The molecule has 0 radical (unpaired) electrons. The lowest BCUT2D eigenvalue weighted by Crippen LogP contribution is -2.60. The van der Waals surface area contributed by atoms with Gasteiger partial charge >= 0.3 is 0 Å². The number of carbonyl (C=O) groups is 3. The quantitative estimate of drug-likeness (QED) is 0.612. The molecule has 2 aliphatic heterocycles. The number of benzene rings is 2. The summed E-state index contributed by atoms with van der Waals surface area (Å²) in [5.41, 5.74) is -0.274. The Balaban J connectivity index is 1.54. The lowest BCUT2D eigenvalue weighted by atomic mass is 9.96. The summed E-state index contributed by atoms with van der Waals surface area (Å²) in [6.45, 7) is 1.33. The van der Waals surface area contributed by atoms with Gasteiger partial charge in [-0.15, -0.1) is 0 Å². The fraction of sp³-hybridized carbons (Fsp3) is 0.400. The van der Waals surface area contributed by atoms with Crippen molar-refractivity contribution in [2.75, 3.05) is 40.0 Å². The Morgan fingerprint density at radius 3 is 2.29 bits per heavy atom. The predicted molar refractivity (Wildman–Crippen MR) is 127 cm³/mol. The van der Waals surface area contributed by atoms with E-state index >= 15 is 0 Å². The number of piperidine rings is 1. The summed E-state index contributed by atoms with van der Waals surface area (Å²) in [4.78, 5) is 42.6. The molecule has 10 heteroatoms. The van der Waals surface area contributed by atoms with Crippen molar-refractivity contribution in [2.24, 2.45) is 0 Å². The molecule has 1 unspecified atom stereocenters. The van der Waals surface area contributed by atoms with Crippen molar-refractivity contribution in [1.29, 1.82) is 0 Å². The maximum atomic E-state index is 13.6. The van der Waals surface area contributed by atoms with E-state index in [0.717, 1.165) is 0 Å². The highest BCUT2D eigenvalue weighted by Crippen LogP contribution is 2.39. The van der Waals surface area contributed by atoms with Crippen LogP contribution in [0.3, 0.4) is 0 Å². The molecule has 0 bridgehead atoms. The zero-order valence-corrected chi connectivity index (χ0v) is 20.1. The zero-order valence-electron chi connectivity index (χ0n) is 19.3. The molecular formula is C25H27ClFN3O5. The van der Waals surface area contributed by atoms with Crippen molar-refractivity contribution >= 4 is 29.3 Å². The molecule has 1 N–H and O–H groups in total. The van der Waals surface area contributed by atoms with Crippen molar-refractivity contribution in [3.05, 3.63) is 70.5 Å². The molecule has 1 atom stereocenters. The van der Waals surface area contributed by atoms with Gasteiger partial charge in [-0.05, 0) is 48.5 Å². The number of nitrogens with zero attached hydrogens (tertiary/aromatic N) is 2. The number of hydrogen-bond acceptors (Lipinski definition) is 5. The highest BCUT2D eigenvalue weighted by Gasteiger charge is 2.54. The first kappa shape index (κ1) is 25.1. The number of ether oxygens (including phenoxy) is 2. The van der Waals surface area contributed by atoms with Crippen LogP contribution in [0, 0.1) is 5.82 Å². The number of carbonyl (C=O) groups excluding carboxylic acids is 3. The molecule has 8 nitrogen and oxygen atoms in total. The number of halogens is 2. The standard InChI is InChI=1S/C25H27ClFN3O5/c1-34-15-12-28-22(31)21-16-35-25(30(21)24(33)18-4-8-20(27)9-5-18)10-13-29(14-11-25)23(32)17-2-6-19(26)7-3-17/h2-9,21H,10-16H2,1H3,(H,28,31). The van der Waals surface area contributed by atoms with Gasteiger partial charge in [-0.3, -0.25) is 19.3 Å². The maximum Gasteiger partial charge on any atom is 0.256 e. The Kier molecular flexibility index (Phi) is 7.69. The minimum absolute atomic E-state index is 0.0247. The van der Waals surface area contributed by atoms with Gasteiger partial charge in [-0.25, -0.2) is 4.39 Å². The largest absolute Gasteiger partial charge is 0.383 e. The molecule has 2 fully saturated rings. The zero-order chi connectivity index (χ0) is 25.0. The first-order valence-corrected chi connectivity index (χ1v) is 11.8.